The molecule has 8 nitrogen and oxygen atoms in total. The van der Waals surface area contributed by atoms with Crippen LogP contribution in [0.4, 0.5) is 0 Å². The zero-order valence-corrected chi connectivity index (χ0v) is 32.7. The molecule has 0 rings (SSSR count). The Labute approximate surface area is 287 Å². The standard InChI is InChI=1S/C39H69NO7/c1-17-25(2)18-26(3)19-27(4)20-28(5)21-29(6)22-31(35(43)46-38(11,12)13)23-30(7)34(42)40-32(36(44)47-39(14,15)16)24-33(41)45-37(8,9)10/h21-22,25-28,30,32H,17-20,23-24H2,1-16H3,(H,40,42)/b29-21+,31-22-/t25?,26?,27?,28?,30?,32-/m0/s1. The number of carbonyl (C=O) groups excluding carboxylic acids is 4. The molecule has 0 aliphatic carbocycles. The largest absolute Gasteiger partial charge is 0.460 e. The summed E-state index contributed by atoms with van der Waals surface area (Å²) in [5.41, 5.74) is -1.02. The minimum Gasteiger partial charge on any atom is -0.460 e. The van der Waals surface area contributed by atoms with Crippen LogP contribution in [0.5, 0.6) is 0 Å². The first-order chi connectivity index (χ1) is 21.2. The Morgan fingerprint density at radius 1 is 0.681 bits per heavy atom. The van der Waals surface area contributed by atoms with E-state index in [1.54, 1.807) is 75.3 Å². The summed E-state index contributed by atoms with van der Waals surface area (Å²) in [5.74, 6) is -0.767. The molecule has 8 heteroatoms. The Bertz CT molecular complexity index is 1080. The van der Waals surface area contributed by atoms with Crippen LogP contribution in [0.1, 0.15) is 149 Å². The quantitative estimate of drug-likeness (QED) is 0.0716. The molecular formula is C39H69NO7. The van der Waals surface area contributed by atoms with Crippen molar-refractivity contribution in [3.63, 3.8) is 0 Å². The van der Waals surface area contributed by atoms with E-state index >= 15 is 0 Å². The van der Waals surface area contributed by atoms with E-state index in [1.807, 2.05) is 6.92 Å². The van der Waals surface area contributed by atoms with E-state index < -0.39 is 52.6 Å². The first kappa shape index (κ1) is 44.4. The predicted molar refractivity (Wildman–Crippen MR) is 191 cm³/mol. The van der Waals surface area contributed by atoms with Crippen LogP contribution in [0, 0.1) is 29.6 Å². The van der Waals surface area contributed by atoms with Crippen molar-refractivity contribution in [1.29, 1.82) is 0 Å². The normalized spacial score (nSPS) is 17.1. The molecule has 1 amide bonds. The highest BCUT2D eigenvalue weighted by atomic mass is 16.6. The summed E-state index contributed by atoms with van der Waals surface area (Å²) >= 11 is 0. The van der Waals surface area contributed by atoms with Gasteiger partial charge in [0.25, 0.3) is 0 Å². The molecule has 5 unspecified atom stereocenters. The number of hydrogen-bond acceptors (Lipinski definition) is 7. The molecule has 6 atom stereocenters. The molecule has 0 aliphatic heterocycles. The van der Waals surface area contributed by atoms with Gasteiger partial charge in [0, 0.05) is 11.5 Å². The maximum absolute atomic E-state index is 13.4. The van der Waals surface area contributed by atoms with Crippen molar-refractivity contribution in [2.45, 2.75) is 172 Å². The van der Waals surface area contributed by atoms with Crippen molar-refractivity contribution < 1.29 is 33.4 Å². The van der Waals surface area contributed by atoms with Crippen molar-refractivity contribution in [1.82, 2.24) is 5.32 Å². The molecule has 0 radical (unpaired) electrons. The minimum absolute atomic E-state index is 0.0807. The van der Waals surface area contributed by atoms with Crippen molar-refractivity contribution >= 4 is 23.8 Å². The number of carbonyl (C=O) groups is 4. The smallest absolute Gasteiger partial charge is 0.334 e. The van der Waals surface area contributed by atoms with E-state index in [0.29, 0.717) is 23.3 Å². The van der Waals surface area contributed by atoms with Crippen molar-refractivity contribution in [2.24, 2.45) is 29.6 Å². The molecule has 0 aromatic rings. The van der Waals surface area contributed by atoms with Crippen LogP contribution in [0.25, 0.3) is 0 Å². The Morgan fingerprint density at radius 3 is 1.66 bits per heavy atom. The highest BCUT2D eigenvalue weighted by molar-refractivity contribution is 5.92. The van der Waals surface area contributed by atoms with E-state index in [4.69, 9.17) is 14.2 Å². The first-order valence-electron chi connectivity index (χ1n) is 17.6. The fourth-order valence-electron chi connectivity index (χ4n) is 5.60. The van der Waals surface area contributed by atoms with E-state index in [1.165, 1.54) is 19.3 Å². The monoisotopic (exact) mass is 664 g/mol. The molecule has 0 aromatic heterocycles. The van der Waals surface area contributed by atoms with Gasteiger partial charge < -0.3 is 19.5 Å². The van der Waals surface area contributed by atoms with Gasteiger partial charge in [-0.3, -0.25) is 9.59 Å². The molecule has 47 heavy (non-hydrogen) atoms. The van der Waals surface area contributed by atoms with Gasteiger partial charge in [0.05, 0.1) is 6.42 Å². The fourth-order valence-corrected chi connectivity index (χ4v) is 5.60. The van der Waals surface area contributed by atoms with Crippen LogP contribution >= 0.6 is 0 Å². The highest BCUT2D eigenvalue weighted by Crippen LogP contribution is 2.27. The van der Waals surface area contributed by atoms with Gasteiger partial charge in [0.2, 0.25) is 5.91 Å². The summed E-state index contributed by atoms with van der Waals surface area (Å²) in [4.78, 5) is 52.4. The summed E-state index contributed by atoms with van der Waals surface area (Å²) < 4.78 is 16.6. The van der Waals surface area contributed by atoms with E-state index in [-0.39, 0.29) is 12.8 Å². The molecule has 0 fully saturated rings. The summed E-state index contributed by atoms with van der Waals surface area (Å²) in [6, 6.07) is -1.25. The topological polar surface area (TPSA) is 108 Å². The number of hydrogen-bond donors (Lipinski definition) is 1. The lowest BCUT2D eigenvalue weighted by atomic mass is 9.84. The molecule has 0 saturated carbocycles. The van der Waals surface area contributed by atoms with E-state index in [9.17, 15) is 19.2 Å². The lowest BCUT2D eigenvalue weighted by molar-refractivity contribution is -0.165. The molecule has 0 aliphatic rings. The third-order valence-electron chi connectivity index (χ3n) is 7.46. The van der Waals surface area contributed by atoms with Gasteiger partial charge in [-0.15, -0.1) is 0 Å². The molecule has 0 bridgehead atoms. The Kier molecular flexibility index (Phi) is 18.3. The van der Waals surface area contributed by atoms with Gasteiger partial charge in [-0.05, 0) is 125 Å². The van der Waals surface area contributed by atoms with Gasteiger partial charge in [-0.2, -0.15) is 0 Å². The Hall–Kier alpha value is -2.64. The van der Waals surface area contributed by atoms with Crippen LogP contribution in [0.2, 0.25) is 0 Å². The van der Waals surface area contributed by atoms with Crippen molar-refractivity contribution in [3.05, 3.63) is 23.3 Å². The summed E-state index contributed by atoms with van der Waals surface area (Å²) in [7, 11) is 0. The van der Waals surface area contributed by atoms with Crippen LogP contribution in [0.3, 0.4) is 0 Å². The lowest BCUT2D eigenvalue weighted by Gasteiger charge is -2.26. The Balaban J connectivity index is 5.98. The minimum atomic E-state index is -1.25. The molecule has 0 heterocycles. The maximum atomic E-state index is 13.4. The maximum Gasteiger partial charge on any atom is 0.334 e. The number of amides is 1. The number of ether oxygens (including phenoxy) is 3. The average Bonchev–Trinajstić information content (AvgIpc) is 2.83. The van der Waals surface area contributed by atoms with Crippen LogP contribution < -0.4 is 5.32 Å². The van der Waals surface area contributed by atoms with Gasteiger partial charge in [-0.25, -0.2) is 9.59 Å². The number of rotatable bonds is 17. The first-order valence-corrected chi connectivity index (χ1v) is 17.6. The predicted octanol–water partition coefficient (Wildman–Crippen LogP) is 8.91. The SMILES string of the molecule is CCC(C)CC(C)CC(C)CC(C)/C=C(C)/C=C(/CC(C)C(=O)N[C@@H](CC(=O)OC(C)(C)C)C(=O)OC(C)(C)C)C(=O)OC(C)(C)C. The van der Waals surface area contributed by atoms with E-state index in [2.05, 4.69) is 46.0 Å². The van der Waals surface area contributed by atoms with Crippen LogP contribution in [0.15, 0.2) is 23.3 Å². The Morgan fingerprint density at radius 2 is 1.17 bits per heavy atom. The second-order valence-electron chi connectivity index (χ2n) is 17.0. The third-order valence-corrected chi connectivity index (χ3v) is 7.46. The molecule has 0 aromatic carbocycles. The molecular weight excluding hydrogens is 594 g/mol. The second kappa shape index (κ2) is 19.4. The summed E-state index contributed by atoms with van der Waals surface area (Å²) in [6.45, 7) is 30.8. The van der Waals surface area contributed by atoms with Gasteiger partial charge in [0.1, 0.15) is 22.8 Å². The van der Waals surface area contributed by atoms with Crippen LogP contribution in [-0.2, 0) is 33.4 Å². The van der Waals surface area contributed by atoms with Crippen molar-refractivity contribution in [3.8, 4) is 0 Å². The second-order valence-corrected chi connectivity index (χ2v) is 17.0. The highest BCUT2D eigenvalue weighted by Gasteiger charge is 2.33. The van der Waals surface area contributed by atoms with Gasteiger partial charge >= 0.3 is 17.9 Å². The molecule has 0 spiro atoms. The molecule has 272 valence electrons. The zero-order chi connectivity index (χ0) is 36.9. The number of esters is 3. The molecule has 1 N–H and O–H groups in total. The fraction of sp³-hybridized carbons (Fsp3) is 0.795. The zero-order valence-electron chi connectivity index (χ0n) is 32.7. The molecule has 0 saturated heterocycles. The summed E-state index contributed by atoms with van der Waals surface area (Å²) in [5, 5.41) is 2.68. The van der Waals surface area contributed by atoms with Crippen LogP contribution in [-0.4, -0.2) is 46.7 Å². The number of allylic oxidation sites excluding steroid dienone is 3. The van der Waals surface area contributed by atoms with Crippen molar-refractivity contribution in [2.75, 3.05) is 0 Å². The van der Waals surface area contributed by atoms with Gasteiger partial charge in [0.15, 0.2) is 0 Å². The number of nitrogens with one attached hydrogen (secondary N) is 1. The average molecular weight is 664 g/mol. The third kappa shape index (κ3) is 21.8. The lowest BCUT2D eigenvalue weighted by Crippen LogP contribution is -2.47. The van der Waals surface area contributed by atoms with E-state index in [0.717, 1.165) is 17.9 Å². The summed E-state index contributed by atoms with van der Waals surface area (Å²) in [6.07, 6.45) is 8.36. The van der Waals surface area contributed by atoms with Gasteiger partial charge in [-0.1, -0.05) is 59.6 Å².